The molecule has 5 rings (SSSR count). The first-order valence-corrected chi connectivity index (χ1v) is 9.92. The van der Waals surface area contributed by atoms with Crippen LogP contribution in [0.15, 0.2) is 24.3 Å². The maximum Gasteiger partial charge on any atom is 0.253 e. The minimum absolute atomic E-state index is 0.0256. The number of amides is 3. The van der Waals surface area contributed by atoms with Crippen LogP contribution >= 0.6 is 0 Å². The normalized spacial score (nSPS) is 33.1. The summed E-state index contributed by atoms with van der Waals surface area (Å²) in [7, 11) is 0. The number of hydrogen-bond acceptors (Lipinski definition) is 3. The molecular weight excluding hydrogens is 328 g/mol. The van der Waals surface area contributed by atoms with Gasteiger partial charge in [0, 0.05) is 18.7 Å². The SMILES string of the molecule is O=C(c1ccc(N2C(=O)[C@@H]3[C@H]4CC[C@@H](C4)[C@H]3C2=O)cc1)N1CCCCC1. The predicted octanol–water partition coefficient (Wildman–Crippen LogP) is 2.85. The Morgan fingerprint density at radius 3 is 2.00 bits per heavy atom. The van der Waals surface area contributed by atoms with Gasteiger partial charge in [-0.05, 0) is 74.6 Å². The van der Waals surface area contributed by atoms with Crippen molar-refractivity contribution in [2.75, 3.05) is 18.0 Å². The van der Waals surface area contributed by atoms with Gasteiger partial charge in [-0.15, -0.1) is 0 Å². The van der Waals surface area contributed by atoms with Gasteiger partial charge in [-0.3, -0.25) is 19.3 Å². The van der Waals surface area contributed by atoms with E-state index in [0.717, 1.165) is 45.2 Å². The van der Waals surface area contributed by atoms with Crippen molar-refractivity contribution in [1.29, 1.82) is 0 Å². The van der Waals surface area contributed by atoms with Crippen LogP contribution in [0.1, 0.15) is 48.9 Å². The van der Waals surface area contributed by atoms with E-state index >= 15 is 0 Å². The van der Waals surface area contributed by atoms with Crippen LogP contribution in [0, 0.1) is 23.7 Å². The van der Waals surface area contributed by atoms with Crippen LogP contribution in [0.4, 0.5) is 5.69 Å². The Hall–Kier alpha value is -2.17. The summed E-state index contributed by atoms with van der Waals surface area (Å²) in [5, 5.41) is 0. The van der Waals surface area contributed by atoms with Crippen LogP contribution in [-0.2, 0) is 9.59 Å². The highest BCUT2D eigenvalue weighted by Gasteiger charge is 2.61. The molecule has 1 aromatic carbocycles. The zero-order chi connectivity index (χ0) is 17.8. The Kier molecular flexibility index (Phi) is 3.66. The van der Waals surface area contributed by atoms with E-state index in [4.69, 9.17) is 0 Å². The first-order chi connectivity index (χ1) is 12.6. The summed E-state index contributed by atoms with van der Waals surface area (Å²) in [5.41, 5.74) is 1.25. The second-order valence-electron chi connectivity index (χ2n) is 8.30. The van der Waals surface area contributed by atoms with E-state index < -0.39 is 0 Å². The van der Waals surface area contributed by atoms with Gasteiger partial charge in [-0.2, -0.15) is 0 Å². The number of anilines is 1. The molecule has 2 aliphatic heterocycles. The maximum atomic E-state index is 12.9. The van der Waals surface area contributed by atoms with Gasteiger partial charge < -0.3 is 4.90 Å². The van der Waals surface area contributed by atoms with Gasteiger partial charge in [-0.25, -0.2) is 0 Å². The number of imide groups is 1. The summed E-state index contributed by atoms with van der Waals surface area (Å²) in [4.78, 5) is 41.6. The van der Waals surface area contributed by atoms with Crippen molar-refractivity contribution in [3.05, 3.63) is 29.8 Å². The molecular formula is C21H24N2O3. The number of nitrogens with zero attached hydrogens (tertiary/aromatic N) is 2. The lowest BCUT2D eigenvalue weighted by molar-refractivity contribution is -0.123. The number of carbonyl (C=O) groups excluding carboxylic acids is 3. The number of benzene rings is 1. The van der Waals surface area contributed by atoms with E-state index in [2.05, 4.69) is 0 Å². The second-order valence-corrected chi connectivity index (χ2v) is 8.30. The highest BCUT2D eigenvalue weighted by molar-refractivity contribution is 6.22. The highest BCUT2D eigenvalue weighted by Crippen LogP contribution is 2.56. The molecule has 0 unspecified atom stereocenters. The minimum Gasteiger partial charge on any atom is -0.339 e. The molecule has 0 N–H and O–H groups in total. The van der Waals surface area contributed by atoms with E-state index in [1.54, 1.807) is 24.3 Å². The molecule has 4 fully saturated rings. The summed E-state index contributed by atoms with van der Waals surface area (Å²) in [6.45, 7) is 1.63. The molecule has 5 nitrogen and oxygen atoms in total. The van der Waals surface area contributed by atoms with E-state index in [9.17, 15) is 14.4 Å². The summed E-state index contributed by atoms with van der Waals surface area (Å²) in [6, 6.07) is 7.04. The molecule has 0 aromatic heterocycles. The van der Waals surface area contributed by atoms with E-state index in [-0.39, 0.29) is 29.6 Å². The molecule has 2 saturated heterocycles. The van der Waals surface area contributed by atoms with Crippen LogP contribution in [-0.4, -0.2) is 35.7 Å². The average molecular weight is 352 g/mol. The summed E-state index contributed by atoms with van der Waals surface area (Å²) in [5.74, 6) is 0.583. The Morgan fingerprint density at radius 2 is 1.42 bits per heavy atom. The van der Waals surface area contributed by atoms with E-state index in [1.807, 2.05) is 4.90 Å². The van der Waals surface area contributed by atoms with Crippen molar-refractivity contribution in [1.82, 2.24) is 4.90 Å². The fourth-order valence-electron chi connectivity index (χ4n) is 5.70. The molecule has 2 bridgehead atoms. The van der Waals surface area contributed by atoms with Crippen LogP contribution < -0.4 is 4.90 Å². The zero-order valence-electron chi connectivity index (χ0n) is 14.9. The van der Waals surface area contributed by atoms with Crippen LogP contribution in [0.5, 0.6) is 0 Å². The number of likely N-dealkylation sites (tertiary alicyclic amines) is 1. The minimum atomic E-state index is -0.101. The number of piperidine rings is 1. The predicted molar refractivity (Wildman–Crippen MR) is 96.5 cm³/mol. The number of fused-ring (bicyclic) bond motifs is 5. The monoisotopic (exact) mass is 352 g/mol. The van der Waals surface area contributed by atoms with Gasteiger partial charge in [-0.1, -0.05) is 0 Å². The molecule has 2 heterocycles. The quantitative estimate of drug-likeness (QED) is 0.769. The largest absolute Gasteiger partial charge is 0.339 e. The second kappa shape index (κ2) is 5.93. The van der Waals surface area contributed by atoms with Crippen molar-refractivity contribution >= 4 is 23.4 Å². The molecule has 2 aliphatic carbocycles. The lowest BCUT2D eigenvalue weighted by Crippen LogP contribution is -2.35. The molecule has 0 radical (unpaired) electrons. The Balaban J connectivity index is 1.37. The molecule has 4 atom stereocenters. The van der Waals surface area contributed by atoms with Crippen LogP contribution in [0.2, 0.25) is 0 Å². The van der Waals surface area contributed by atoms with Crippen molar-refractivity contribution in [3.63, 3.8) is 0 Å². The average Bonchev–Trinajstić information content (AvgIpc) is 3.36. The Labute approximate surface area is 153 Å². The van der Waals surface area contributed by atoms with Crippen molar-refractivity contribution in [2.24, 2.45) is 23.7 Å². The third-order valence-corrected chi connectivity index (χ3v) is 6.94. The topological polar surface area (TPSA) is 57.7 Å². The van der Waals surface area contributed by atoms with Crippen LogP contribution in [0.25, 0.3) is 0 Å². The fourth-order valence-corrected chi connectivity index (χ4v) is 5.70. The maximum absolute atomic E-state index is 12.9. The van der Waals surface area contributed by atoms with Gasteiger partial charge in [0.05, 0.1) is 17.5 Å². The zero-order valence-corrected chi connectivity index (χ0v) is 14.9. The van der Waals surface area contributed by atoms with Gasteiger partial charge in [0.2, 0.25) is 11.8 Å². The first-order valence-electron chi connectivity index (χ1n) is 9.92. The highest BCUT2D eigenvalue weighted by atomic mass is 16.2. The van der Waals surface area contributed by atoms with E-state index in [1.165, 1.54) is 11.3 Å². The smallest absolute Gasteiger partial charge is 0.253 e. The molecule has 26 heavy (non-hydrogen) atoms. The first kappa shape index (κ1) is 16.0. The molecule has 136 valence electrons. The molecule has 2 saturated carbocycles. The summed E-state index contributed by atoms with van der Waals surface area (Å²) < 4.78 is 0. The Bertz CT molecular complexity index is 738. The lowest BCUT2D eigenvalue weighted by Gasteiger charge is -2.27. The van der Waals surface area contributed by atoms with Crippen LogP contribution in [0.3, 0.4) is 0 Å². The van der Waals surface area contributed by atoms with Gasteiger partial charge >= 0.3 is 0 Å². The van der Waals surface area contributed by atoms with Crippen molar-refractivity contribution in [3.8, 4) is 0 Å². The third-order valence-electron chi connectivity index (χ3n) is 6.94. The fraction of sp³-hybridized carbons (Fsp3) is 0.571. The lowest BCUT2D eigenvalue weighted by atomic mass is 9.81. The van der Waals surface area contributed by atoms with Gasteiger partial charge in [0.25, 0.3) is 5.91 Å². The Morgan fingerprint density at radius 1 is 0.846 bits per heavy atom. The van der Waals surface area contributed by atoms with Crippen molar-refractivity contribution < 1.29 is 14.4 Å². The molecule has 1 aromatic rings. The molecule has 5 heteroatoms. The van der Waals surface area contributed by atoms with Crippen molar-refractivity contribution in [2.45, 2.75) is 38.5 Å². The number of rotatable bonds is 2. The number of carbonyl (C=O) groups is 3. The molecule has 0 spiro atoms. The van der Waals surface area contributed by atoms with Gasteiger partial charge in [0.15, 0.2) is 0 Å². The standard InChI is InChI=1S/C21H24N2O3/c24-19(22-10-2-1-3-11-22)13-6-8-16(9-7-13)23-20(25)17-14-4-5-15(12-14)18(17)21(23)26/h6-9,14-15,17-18H,1-5,10-12H2/t14-,15-,17+,18+/m0/s1. The van der Waals surface area contributed by atoms with E-state index in [0.29, 0.717) is 23.1 Å². The molecule has 3 amide bonds. The summed E-state index contributed by atoms with van der Waals surface area (Å²) in [6.07, 6.45) is 6.53. The third kappa shape index (κ3) is 2.25. The summed E-state index contributed by atoms with van der Waals surface area (Å²) >= 11 is 0. The number of hydrogen-bond donors (Lipinski definition) is 0. The van der Waals surface area contributed by atoms with Gasteiger partial charge in [0.1, 0.15) is 0 Å². The molecule has 4 aliphatic rings.